The average Bonchev–Trinajstić information content (AvgIpc) is 3.17. The third-order valence-electron chi connectivity index (χ3n) is 10.7. The Morgan fingerprint density at radius 3 is 2.20 bits per heavy atom. The van der Waals surface area contributed by atoms with Gasteiger partial charge in [0.15, 0.2) is 30.2 Å². The minimum Gasteiger partial charge on any atom is -0.493 e. The van der Waals surface area contributed by atoms with Crippen molar-refractivity contribution in [3.63, 3.8) is 0 Å². The molecule has 306 valence electrons. The number of aliphatic hydroxyl groups is 6. The summed E-state index contributed by atoms with van der Waals surface area (Å²) in [5.74, 6) is -0.916. The second-order valence-corrected chi connectivity index (χ2v) is 14.3. The lowest BCUT2D eigenvalue weighted by atomic mass is 9.85. The van der Waals surface area contributed by atoms with Crippen molar-refractivity contribution >= 4 is 11.9 Å². The highest BCUT2D eigenvalue weighted by Gasteiger charge is 2.51. The van der Waals surface area contributed by atoms with Gasteiger partial charge in [0, 0.05) is 18.7 Å². The summed E-state index contributed by atoms with van der Waals surface area (Å²) in [5, 5.41) is 77.0. The van der Waals surface area contributed by atoms with E-state index < -0.39 is 104 Å². The molecule has 1 amide bonds. The van der Waals surface area contributed by atoms with Crippen LogP contribution >= 0.6 is 0 Å². The first-order chi connectivity index (χ1) is 25.9. The number of aliphatic carboxylic acids is 1. The Bertz CT molecular complexity index is 1360. The van der Waals surface area contributed by atoms with E-state index in [1.165, 1.54) is 33.3 Å². The largest absolute Gasteiger partial charge is 0.493 e. The van der Waals surface area contributed by atoms with Crippen molar-refractivity contribution in [1.29, 1.82) is 0 Å². The Balaban J connectivity index is 1.35. The van der Waals surface area contributed by atoms with E-state index in [0.29, 0.717) is 11.5 Å². The number of rotatable bonds is 15. The lowest BCUT2D eigenvalue weighted by Gasteiger charge is -2.47. The van der Waals surface area contributed by atoms with E-state index in [4.69, 9.17) is 37.9 Å². The van der Waals surface area contributed by atoms with Gasteiger partial charge in [-0.2, -0.15) is 0 Å². The van der Waals surface area contributed by atoms with Crippen LogP contribution in [-0.2, 0) is 33.2 Å². The molecule has 1 aromatic rings. The van der Waals surface area contributed by atoms with Gasteiger partial charge in [-0.15, -0.1) is 0 Å². The fraction of sp³-hybridized carbons (Fsp3) is 0.778. The van der Waals surface area contributed by atoms with Gasteiger partial charge >= 0.3 is 5.97 Å². The van der Waals surface area contributed by atoms with Crippen LogP contribution < -0.4 is 14.8 Å². The van der Waals surface area contributed by atoms with Gasteiger partial charge in [0.1, 0.15) is 54.9 Å². The predicted octanol–water partition coefficient (Wildman–Crippen LogP) is -0.932. The highest BCUT2D eigenvalue weighted by molar-refractivity contribution is 5.94. The summed E-state index contributed by atoms with van der Waals surface area (Å²) in [5.41, 5.74) is 0.243. The number of aliphatic hydroxyl groups excluding tert-OH is 6. The number of carbonyl (C=O) groups excluding carboxylic acids is 1. The molecule has 3 heterocycles. The molecule has 14 atom stereocenters. The summed E-state index contributed by atoms with van der Waals surface area (Å²) in [6.45, 7) is 0.658. The van der Waals surface area contributed by atoms with Crippen molar-refractivity contribution in [2.24, 2.45) is 5.92 Å². The number of carboxylic acid groups (broad SMARTS) is 1. The van der Waals surface area contributed by atoms with Crippen LogP contribution in [0.25, 0.3) is 0 Å². The van der Waals surface area contributed by atoms with Crippen LogP contribution in [0.5, 0.6) is 11.5 Å². The molecular weight excluding hydrogens is 718 g/mol. The summed E-state index contributed by atoms with van der Waals surface area (Å²) in [6.07, 6.45) is -14.6. The molecule has 1 aromatic carbocycles. The van der Waals surface area contributed by atoms with Crippen LogP contribution in [0.1, 0.15) is 62.2 Å². The van der Waals surface area contributed by atoms with E-state index in [-0.39, 0.29) is 37.5 Å². The second-order valence-electron chi connectivity index (χ2n) is 14.3. The number of hydrogen-bond acceptors (Lipinski definition) is 16. The van der Waals surface area contributed by atoms with Gasteiger partial charge in [0.2, 0.25) is 0 Å². The first-order valence-corrected chi connectivity index (χ1v) is 18.5. The Morgan fingerprint density at radius 2 is 1.54 bits per heavy atom. The molecule has 3 aliphatic heterocycles. The zero-order valence-corrected chi connectivity index (χ0v) is 30.7. The highest BCUT2D eigenvalue weighted by Crippen LogP contribution is 2.34. The van der Waals surface area contributed by atoms with Gasteiger partial charge in [0.05, 0.1) is 33.0 Å². The SMILES string of the molecule is COc1ccc(C(=O)NCC2OCC[C@H](O[C@H]3O[C@@H](CO)[C@@H](O)[C@H](O[C@@H](CC4CCCCC4)C(=O)O)[C@H]3O)[C@H]2O[C@H]2O[C@H](C)[C@H](O)[C@@H](O)[C@@H]2O)cc1OC. The highest BCUT2D eigenvalue weighted by atomic mass is 16.7. The molecule has 54 heavy (non-hydrogen) atoms. The Labute approximate surface area is 313 Å². The van der Waals surface area contributed by atoms with E-state index in [2.05, 4.69) is 5.32 Å². The third-order valence-corrected chi connectivity index (χ3v) is 10.7. The maximum absolute atomic E-state index is 13.2. The van der Waals surface area contributed by atoms with E-state index in [9.17, 15) is 45.3 Å². The molecule has 18 heteroatoms. The monoisotopic (exact) mass is 773 g/mol. The van der Waals surface area contributed by atoms with E-state index in [1.54, 1.807) is 6.07 Å². The lowest BCUT2D eigenvalue weighted by Crippen LogP contribution is -2.64. The van der Waals surface area contributed by atoms with E-state index >= 15 is 0 Å². The van der Waals surface area contributed by atoms with Crippen LogP contribution in [0.15, 0.2) is 18.2 Å². The van der Waals surface area contributed by atoms with Crippen LogP contribution in [0.2, 0.25) is 0 Å². The standard InChI is InChI=1S/C36H55NO17/c1-17-26(39)28(41)29(42)35(50-17)54-31-21(11-12-49-24(31)15-37-33(44)19-9-10-20(47-2)22(14-19)48-3)52-36-30(43)32(27(40)25(16-38)53-36)51-23(34(45)46)13-18-7-5-4-6-8-18/h9-10,14,17-18,21,23-32,35-36,38-43H,4-8,11-13,15-16H2,1-3H3,(H,37,44)(H,45,46)/t17-,21+,23+,24?,25+,26+,27-,28-,29+,30-,31-,32+,35-,36+/m1/s1. The minimum absolute atomic E-state index is 0.0600. The van der Waals surface area contributed by atoms with Gasteiger partial charge in [-0.25, -0.2) is 4.79 Å². The number of amides is 1. The normalized spacial score (nSPS) is 36.9. The maximum atomic E-state index is 13.2. The summed E-state index contributed by atoms with van der Waals surface area (Å²) in [6, 6.07) is 4.60. The number of hydrogen-bond donors (Lipinski definition) is 8. The number of carbonyl (C=O) groups is 2. The molecule has 3 saturated heterocycles. The number of ether oxygens (including phenoxy) is 8. The smallest absolute Gasteiger partial charge is 0.332 e. The molecule has 1 unspecified atom stereocenters. The number of methoxy groups -OCH3 is 2. The van der Waals surface area contributed by atoms with Gasteiger partial charge in [-0.3, -0.25) is 4.79 Å². The molecule has 0 spiro atoms. The second kappa shape index (κ2) is 19.4. The number of carboxylic acids is 1. The topological polar surface area (TPSA) is 262 Å². The molecule has 0 aromatic heterocycles. The first kappa shape index (κ1) is 42.4. The lowest BCUT2D eigenvalue weighted by molar-refractivity contribution is -0.355. The predicted molar refractivity (Wildman–Crippen MR) is 184 cm³/mol. The van der Waals surface area contributed by atoms with Gasteiger partial charge < -0.3 is 79.0 Å². The van der Waals surface area contributed by atoms with Crippen molar-refractivity contribution < 1.29 is 83.2 Å². The number of nitrogens with one attached hydrogen (secondary N) is 1. The van der Waals surface area contributed by atoms with Crippen molar-refractivity contribution in [3.8, 4) is 11.5 Å². The molecule has 18 nitrogen and oxygen atoms in total. The van der Waals surface area contributed by atoms with Crippen LogP contribution in [0.4, 0.5) is 0 Å². The van der Waals surface area contributed by atoms with Gasteiger partial charge in [-0.05, 0) is 43.9 Å². The molecule has 4 aliphatic rings. The molecule has 4 fully saturated rings. The summed E-state index contributed by atoms with van der Waals surface area (Å²) in [7, 11) is 2.90. The number of benzene rings is 1. The molecule has 1 saturated carbocycles. The van der Waals surface area contributed by atoms with Crippen LogP contribution in [0, 0.1) is 5.92 Å². The Kier molecular flexibility index (Phi) is 15.3. The van der Waals surface area contributed by atoms with E-state index in [1.807, 2.05) is 0 Å². The van der Waals surface area contributed by atoms with Crippen LogP contribution in [-0.4, -0.2) is 167 Å². The fourth-order valence-electron chi connectivity index (χ4n) is 7.51. The molecule has 8 N–H and O–H groups in total. The molecule has 1 aliphatic carbocycles. The third kappa shape index (κ3) is 9.98. The van der Waals surface area contributed by atoms with Crippen molar-refractivity contribution in [3.05, 3.63) is 23.8 Å². The Hall–Kier alpha value is -2.72. The van der Waals surface area contributed by atoms with Crippen LogP contribution in [0.3, 0.4) is 0 Å². The minimum atomic E-state index is -1.74. The average molecular weight is 774 g/mol. The fourth-order valence-corrected chi connectivity index (χ4v) is 7.51. The van der Waals surface area contributed by atoms with Crippen molar-refractivity contribution in [1.82, 2.24) is 5.32 Å². The van der Waals surface area contributed by atoms with Crippen molar-refractivity contribution in [2.45, 2.75) is 138 Å². The van der Waals surface area contributed by atoms with Gasteiger partial charge in [0.25, 0.3) is 5.91 Å². The molecule has 0 radical (unpaired) electrons. The van der Waals surface area contributed by atoms with E-state index in [0.717, 1.165) is 32.1 Å². The quantitative estimate of drug-likeness (QED) is 0.107. The Morgan fingerprint density at radius 1 is 0.833 bits per heavy atom. The molecule has 0 bridgehead atoms. The summed E-state index contributed by atoms with van der Waals surface area (Å²) in [4.78, 5) is 25.5. The molecular formula is C36H55NO17. The summed E-state index contributed by atoms with van der Waals surface area (Å²) < 4.78 is 46.4. The molecule has 5 rings (SSSR count). The first-order valence-electron chi connectivity index (χ1n) is 18.5. The zero-order valence-electron chi connectivity index (χ0n) is 30.7. The van der Waals surface area contributed by atoms with Crippen molar-refractivity contribution in [2.75, 3.05) is 34.0 Å². The summed E-state index contributed by atoms with van der Waals surface area (Å²) >= 11 is 0. The van der Waals surface area contributed by atoms with Gasteiger partial charge in [-0.1, -0.05) is 32.1 Å². The zero-order chi connectivity index (χ0) is 39.1. The maximum Gasteiger partial charge on any atom is 0.332 e.